The lowest BCUT2D eigenvalue weighted by Gasteiger charge is -2.11. The van der Waals surface area contributed by atoms with Crippen LogP contribution in [-0.2, 0) is 16.6 Å². The van der Waals surface area contributed by atoms with Crippen molar-refractivity contribution in [3.63, 3.8) is 0 Å². The number of hydrogen-bond donors (Lipinski definition) is 1. The first-order valence-corrected chi connectivity index (χ1v) is 9.12. The van der Waals surface area contributed by atoms with E-state index in [9.17, 15) is 8.42 Å². The van der Waals surface area contributed by atoms with E-state index in [1.807, 2.05) is 26.8 Å². The topological polar surface area (TPSA) is 98.5 Å². The van der Waals surface area contributed by atoms with Gasteiger partial charge >= 0.3 is 0 Å². The Labute approximate surface area is 145 Å². The van der Waals surface area contributed by atoms with Crippen LogP contribution in [0.2, 0.25) is 0 Å². The molecule has 0 aliphatic heterocycles. The molecule has 9 heteroatoms. The molecule has 0 radical (unpaired) electrons. The van der Waals surface area contributed by atoms with Gasteiger partial charge < -0.3 is 4.74 Å². The molecule has 0 aliphatic carbocycles. The molecule has 1 aromatic carbocycles. The number of benzene rings is 1. The van der Waals surface area contributed by atoms with Crippen LogP contribution in [0.4, 0.5) is 0 Å². The molecule has 3 rings (SSSR count). The summed E-state index contributed by atoms with van der Waals surface area (Å²) in [6, 6.07) is 6.88. The largest absolute Gasteiger partial charge is 0.495 e. The minimum absolute atomic E-state index is 0.00776. The normalized spacial score (nSPS) is 11.8. The van der Waals surface area contributed by atoms with Crippen LogP contribution in [0.3, 0.4) is 0 Å². The van der Waals surface area contributed by atoms with Gasteiger partial charge in [0.25, 0.3) is 5.78 Å². The zero-order valence-electron chi connectivity index (χ0n) is 14.4. The van der Waals surface area contributed by atoms with Crippen molar-refractivity contribution in [2.24, 2.45) is 0 Å². The van der Waals surface area contributed by atoms with Crippen molar-refractivity contribution in [2.75, 3.05) is 7.11 Å². The summed E-state index contributed by atoms with van der Waals surface area (Å²) in [5, 5.41) is 8.05. The van der Waals surface area contributed by atoms with E-state index in [0.717, 1.165) is 17.0 Å². The summed E-state index contributed by atoms with van der Waals surface area (Å²) in [6.45, 7) is 5.58. The highest BCUT2D eigenvalue weighted by Gasteiger charge is 2.21. The van der Waals surface area contributed by atoms with E-state index in [1.165, 1.54) is 7.11 Å². The van der Waals surface area contributed by atoms with Crippen molar-refractivity contribution in [1.29, 1.82) is 0 Å². The Hall–Kier alpha value is -2.52. The molecule has 2 heterocycles. The lowest BCUT2D eigenvalue weighted by molar-refractivity contribution is 0.402. The average Bonchev–Trinajstić information content (AvgIpc) is 2.96. The van der Waals surface area contributed by atoms with Crippen LogP contribution < -0.4 is 9.46 Å². The van der Waals surface area contributed by atoms with E-state index < -0.39 is 10.0 Å². The summed E-state index contributed by atoms with van der Waals surface area (Å²) in [5.74, 6) is 1.20. The SMILES string of the molecule is COc1ccc(C)cc1S(=O)(=O)NCc1nnc2nc(C)cc(C)n12. The maximum atomic E-state index is 12.7. The Balaban J connectivity index is 1.92. The van der Waals surface area contributed by atoms with Gasteiger partial charge in [-0.2, -0.15) is 0 Å². The zero-order chi connectivity index (χ0) is 18.2. The smallest absolute Gasteiger partial charge is 0.255 e. The van der Waals surface area contributed by atoms with Gasteiger partial charge in [0.15, 0.2) is 5.82 Å². The van der Waals surface area contributed by atoms with Gasteiger partial charge in [0.1, 0.15) is 10.6 Å². The highest BCUT2D eigenvalue weighted by Crippen LogP contribution is 2.24. The molecule has 0 fully saturated rings. The number of rotatable bonds is 5. The Bertz CT molecular complexity index is 1040. The number of sulfonamides is 1. The summed E-state index contributed by atoms with van der Waals surface area (Å²) in [7, 11) is -2.33. The monoisotopic (exact) mass is 361 g/mol. The highest BCUT2D eigenvalue weighted by molar-refractivity contribution is 7.89. The third-order valence-corrected chi connectivity index (χ3v) is 5.21. The molecule has 8 nitrogen and oxygen atoms in total. The number of ether oxygens (including phenoxy) is 1. The first-order valence-electron chi connectivity index (χ1n) is 7.64. The van der Waals surface area contributed by atoms with Crippen LogP contribution in [0.15, 0.2) is 29.2 Å². The summed E-state index contributed by atoms with van der Waals surface area (Å²) in [5.41, 5.74) is 2.54. The Morgan fingerprint density at radius 1 is 1.16 bits per heavy atom. The molecule has 132 valence electrons. The summed E-state index contributed by atoms with van der Waals surface area (Å²) < 4.78 is 34.8. The number of fused-ring (bicyclic) bond motifs is 1. The molecule has 0 aliphatic rings. The van der Waals surface area contributed by atoms with Crippen molar-refractivity contribution < 1.29 is 13.2 Å². The molecule has 0 atom stereocenters. The Morgan fingerprint density at radius 3 is 2.64 bits per heavy atom. The molecule has 0 saturated heterocycles. The van der Waals surface area contributed by atoms with Gasteiger partial charge in [0.2, 0.25) is 10.0 Å². The van der Waals surface area contributed by atoms with E-state index in [0.29, 0.717) is 11.6 Å². The van der Waals surface area contributed by atoms with Gasteiger partial charge in [0, 0.05) is 11.4 Å². The molecule has 1 N–H and O–H groups in total. The summed E-state index contributed by atoms with van der Waals surface area (Å²) >= 11 is 0. The number of aryl methyl sites for hydroxylation is 3. The second-order valence-electron chi connectivity index (χ2n) is 5.77. The molecular formula is C16H19N5O3S. The third-order valence-electron chi connectivity index (χ3n) is 3.79. The second-order valence-corrected chi connectivity index (χ2v) is 7.50. The van der Waals surface area contributed by atoms with Crippen molar-refractivity contribution in [3.05, 3.63) is 47.0 Å². The first-order chi connectivity index (χ1) is 11.8. The molecule has 0 unspecified atom stereocenters. The van der Waals surface area contributed by atoms with Gasteiger partial charge in [-0.1, -0.05) is 6.07 Å². The van der Waals surface area contributed by atoms with Crippen molar-refractivity contribution in [1.82, 2.24) is 24.3 Å². The molecular weight excluding hydrogens is 342 g/mol. The summed E-state index contributed by atoms with van der Waals surface area (Å²) in [4.78, 5) is 4.38. The predicted octanol–water partition coefficient (Wildman–Crippen LogP) is 1.54. The lowest BCUT2D eigenvalue weighted by Crippen LogP contribution is -2.25. The van der Waals surface area contributed by atoms with Gasteiger partial charge in [-0.3, -0.25) is 4.40 Å². The second kappa shape index (κ2) is 6.41. The van der Waals surface area contributed by atoms with E-state index in [4.69, 9.17) is 4.74 Å². The van der Waals surface area contributed by atoms with Crippen LogP contribution in [0, 0.1) is 20.8 Å². The fourth-order valence-corrected chi connectivity index (χ4v) is 3.88. The Morgan fingerprint density at radius 2 is 1.92 bits per heavy atom. The van der Waals surface area contributed by atoms with Crippen molar-refractivity contribution in [3.8, 4) is 5.75 Å². The maximum Gasteiger partial charge on any atom is 0.255 e. The maximum absolute atomic E-state index is 12.7. The number of aromatic nitrogens is 4. The number of nitrogens with one attached hydrogen (secondary N) is 1. The fraction of sp³-hybridized carbons (Fsp3) is 0.312. The van der Waals surface area contributed by atoms with Crippen molar-refractivity contribution in [2.45, 2.75) is 32.2 Å². The van der Waals surface area contributed by atoms with Crippen LogP contribution in [0.1, 0.15) is 22.8 Å². The lowest BCUT2D eigenvalue weighted by atomic mass is 10.2. The number of nitrogens with zero attached hydrogens (tertiary/aromatic N) is 4. The van der Waals surface area contributed by atoms with Gasteiger partial charge in [-0.15, -0.1) is 10.2 Å². The number of methoxy groups -OCH3 is 1. The van der Waals surface area contributed by atoms with Gasteiger partial charge in [0.05, 0.1) is 13.7 Å². The van der Waals surface area contributed by atoms with Crippen LogP contribution >= 0.6 is 0 Å². The quantitative estimate of drug-likeness (QED) is 0.740. The minimum Gasteiger partial charge on any atom is -0.495 e. The third kappa shape index (κ3) is 3.33. The zero-order valence-corrected chi connectivity index (χ0v) is 15.3. The molecule has 0 bridgehead atoms. The minimum atomic E-state index is -3.77. The first kappa shape index (κ1) is 17.3. The van der Waals surface area contributed by atoms with Gasteiger partial charge in [-0.05, 0) is 44.5 Å². The van der Waals surface area contributed by atoms with Crippen LogP contribution in [0.5, 0.6) is 5.75 Å². The molecule has 0 saturated carbocycles. The molecule has 2 aromatic heterocycles. The molecule has 0 spiro atoms. The van der Waals surface area contributed by atoms with Crippen molar-refractivity contribution >= 4 is 15.8 Å². The fourth-order valence-electron chi connectivity index (χ4n) is 2.64. The predicted molar refractivity (Wildman–Crippen MR) is 92.0 cm³/mol. The van der Waals surface area contributed by atoms with E-state index in [1.54, 1.807) is 22.6 Å². The Kier molecular flexibility index (Phi) is 4.44. The standard InChI is InChI=1S/C16H19N5O3S/c1-10-5-6-13(24-4)14(7-10)25(22,23)17-9-15-19-20-16-18-11(2)8-12(3)21(15)16/h5-8,17H,9H2,1-4H3. The highest BCUT2D eigenvalue weighted by atomic mass is 32.2. The number of hydrogen-bond acceptors (Lipinski definition) is 6. The van der Waals surface area contributed by atoms with E-state index >= 15 is 0 Å². The summed E-state index contributed by atoms with van der Waals surface area (Å²) in [6.07, 6.45) is 0. The van der Waals surface area contributed by atoms with Crippen LogP contribution in [0.25, 0.3) is 5.78 Å². The van der Waals surface area contributed by atoms with E-state index in [2.05, 4.69) is 19.9 Å². The average molecular weight is 361 g/mol. The van der Waals surface area contributed by atoms with Crippen LogP contribution in [-0.4, -0.2) is 35.1 Å². The molecule has 0 amide bonds. The molecule has 3 aromatic rings. The van der Waals surface area contributed by atoms with E-state index in [-0.39, 0.29) is 17.2 Å². The molecule has 25 heavy (non-hydrogen) atoms. The van der Waals surface area contributed by atoms with Gasteiger partial charge in [-0.25, -0.2) is 18.1 Å².